The minimum absolute atomic E-state index is 0.0867. The smallest absolute Gasteiger partial charge is 0.259 e. The summed E-state index contributed by atoms with van der Waals surface area (Å²) >= 11 is 1.72. The first kappa shape index (κ1) is 21.2. The number of amides is 1. The van der Waals surface area contributed by atoms with Crippen molar-refractivity contribution in [3.8, 4) is 0 Å². The van der Waals surface area contributed by atoms with Crippen LogP contribution in [0.3, 0.4) is 0 Å². The largest absolute Gasteiger partial charge is 0.360 e. The maximum Gasteiger partial charge on any atom is 0.259 e. The zero-order valence-corrected chi connectivity index (χ0v) is 19.9. The Hall–Kier alpha value is -2.67. The first-order valence-corrected chi connectivity index (χ1v) is 12.3. The van der Waals surface area contributed by atoms with Crippen molar-refractivity contribution in [1.82, 2.24) is 19.7 Å². The number of hydrogen-bond acceptors (Lipinski definition) is 5. The van der Waals surface area contributed by atoms with Gasteiger partial charge in [0.1, 0.15) is 16.4 Å². The Balaban J connectivity index is 1.30. The second-order valence-corrected chi connectivity index (χ2v) is 11.0. The summed E-state index contributed by atoms with van der Waals surface area (Å²) in [6.07, 6.45) is 7.74. The SMILES string of the molecule is Cc1cnc(C2CC(C)(C)n3ncc(C(=O)N4CCC(Cc5ccccc5)CC4)c3N2)s1. The van der Waals surface area contributed by atoms with Crippen LogP contribution in [0.25, 0.3) is 0 Å². The summed E-state index contributed by atoms with van der Waals surface area (Å²) in [6, 6.07) is 10.8. The second-order valence-electron chi connectivity index (χ2n) is 9.77. The average molecular weight is 450 g/mol. The van der Waals surface area contributed by atoms with E-state index in [1.165, 1.54) is 10.4 Å². The summed E-state index contributed by atoms with van der Waals surface area (Å²) in [5.41, 5.74) is 1.88. The molecule has 2 aliphatic heterocycles. The fraction of sp³-hybridized carbons (Fsp3) is 0.480. The lowest BCUT2D eigenvalue weighted by Crippen LogP contribution is -2.41. The van der Waals surface area contributed by atoms with E-state index >= 15 is 0 Å². The number of nitrogens with one attached hydrogen (secondary N) is 1. The van der Waals surface area contributed by atoms with Crippen LogP contribution in [0.2, 0.25) is 0 Å². The maximum atomic E-state index is 13.5. The topological polar surface area (TPSA) is 63.1 Å². The van der Waals surface area contributed by atoms with Crippen LogP contribution >= 0.6 is 11.3 Å². The third kappa shape index (κ3) is 4.06. The van der Waals surface area contributed by atoms with Gasteiger partial charge >= 0.3 is 0 Å². The quantitative estimate of drug-likeness (QED) is 0.606. The summed E-state index contributed by atoms with van der Waals surface area (Å²) in [6.45, 7) is 8.05. The van der Waals surface area contributed by atoms with Crippen LogP contribution in [-0.4, -0.2) is 38.7 Å². The Morgan fingerprint density at radius 2 is 1.94 bits per heavy atom. The van der Waals surface area contributed by atoms with Gasteiger partial charge in [-0.15, -0.1) is 11.3 Å². The molecule has 4 heterocycles. The van der Waals surface area contributed by atoms with E-state index in [1.54, 1.807) is 17.5 Å². The number of thiazole rings is 1. The number of carbonyl (C=O) groups is 1. The zero-order valence-electron chi connectivity index (χ0n) is 19.0. The number of carbonyl (C=O) groups excluding carboxylic acids is 1. The fourth-order valence-electron chi connectivity index (χ4n) is 5.05. The summed E-state index contributed by atoms with van der Waals surface area (Å²) in [5, 5.41) is 9.28. The Bertz CT molecular complexity index is 1090. The van der Waals surface area contributed by atoms with E-state index in [0.29, 0.717) is 11.5 Å². The van der Waals surface area contributed by atoms with Gasteiger partial charge in [0.05, 0.1) is 17.8 Å². The van der Waals surface area contributed by atoms with Crippen molar-refractivity contribution in [2.75, 3.05) is 18.4 Å². The van der Waals surface area contributed by atoms with Crippen molar-refractivity contribution in [2.24, 2.45) is 5.92 Å². The third-order valence-corrected chi connectivity index (χ3v) is 7.82. The van der Waals surface area contributed by atoms with Gasteiger partial charge in [-0.25, -0.2) is 9.67 Å². The Morgan fingerprint density at radius 1 is 1.19 bits per heavy atom. The van der Waals surface area contributed by atoms with Crippen LogP contribution in [0.4, 0.5) is 5.82 Å². The molecule has 32 heavy (non-hydrogen) atoms. The minimum atomic E-state index is -0.188. The molecule has 0 saturated carbocycles. The second kappa shape index (κ2) is 8.35. The van der Waals surface area contributed by atoms with E-state index in [1.807, 2.05) is 15.8 Å². The molecule has 0 radical (unpaired) electrons. The third-order valence-electron chi connectivity index (χ3n) is 6.79. The normalized spacial score (nSPS) is 20.6. The van der Waals surface area contributed by atoms with Crippen LogP contribution in [0.15, 0.2) is 42.7 Å². The van der Waals surface area contributed by atoms with Gasteiger partial charge < -0.3 is 10.2 Å². The van der Waals surface area contributed by atoms with E-state index in [9.17, 15) is 4.79 Å². The van der Waals surface area contributed by atoms with Gasteiger partial charge in [0, 0.05) is 24.2 Å². The molecule has 0 aliphatic carbocycles. The molecule has 1 atom stereocenters. The predicted molar refractivity (Wildman–Crippen MR) is 128 cm³/mol. The van der Waals surface area contributed by atoms with Gasteiger partial charge in [-0.05, 0) is 57.9 Å². The maximum absolute atomic E-state index is 13.5. The molecule has 168 valence electrons. The molecule has 1 unspecified atom stereocenters. The van der Waals surface area contributed by atoms with Crippen molar-refractivity contribution in [3.63, 3.8) is 0 Å². The first-order valence-electron chi connectivity index (χ1n) is 11.5. The lowest BCUT2D eigenvalue weighted by atomic mass is 9.90. The fourth-order valence-corrected chi connectivity index (χ4v) is 5.87. The Kier molecular flexibility index (Phi) is 5.53. The zero-order chi connectivity index (χ0) is 22.3. The molecule has 1 saturated heterocycles. The molecule has 3 aromatic rings. The molecule has 1 N–H and O–H groups in total. The number of hydrogen-bond donors (Lipinski definition) is 1. The summed E-state index contributed by atoms with van der Waals surface area (Å²) in [4.78, 5) is 21.3. The standard InChI is InChI=1S/C25H31N5OS/c1-17-15-26-23(32-17)21-14-25(2,3)30-22(28-21)20(16-27-30)24(31)29-11-9-19(10-12-29)13-18-7-5-4-6-8-18/h4-8,15-16,19,21,28H,9-14H2,1-3H3. The summed E-state index contributed by atoms with van der Waals surface area (Å²) in [5.74, 6) is 1.55. The highest BCUT2D eigenvalue weighted by molar-refractivity contribution is 7.11. The first-order chi connectivity index (χ1) is 15.4. The summed E-state index contributed by atoms with van der Waals surface area (Å²) in [7, 11) is 0. The van der Waals surface area contributed by atoms with Crippen LogP contribution in [0, 0.1) is 12.8 Å². The van der Waals surface area contributed by atoms with Crippen molar-refractivity contribution >= 4 is 23.1 Å². The average Bonchev–Trinajstić information content (AvgIpc) is 3.41. The number of aryl methyl sites for hydroxylation is 1. The van der Waals surface area contributed by atoms with Gasteiger partial charge in [0.2, 0.25) is 0 Å². The van der Waals surface area contributed by atoms with E-state index in [4.69, 9.17) is 0 Å². The van der Waals surface area contributed by atoms with Crippen LogP contribution in [0.1, 0.15) is 65.0 Å². The van der Waals surface area contributed by atoms with Crippen molar-refractivity contribution in [2.45, 2.75) is 58.0 Å². The highest BCUT2D eigenvalue weighted by Crippen LogP contribution is 2.41. The van der Waals surface area contributed by atoms with Crippen molar-refractivity contribution < 1.29 is 4.79 Å². The van der Waals surface area contributed by atoms with E-state index in [-0.39, 0.29) is 17.5 Å². The van der Waals surface area contributed by atoms with Crippen molar-refractivity contribution in [3.05, 3.63) is 63.7 Å². The molecular formula is C25H31N5OS. The lowest BCUT2D eigenvalue weighted by molar-refractivity contribution is 0.0691. The molecule has 0 bridgehead atoms. The van der Waals surface area contributed by atoms with Crippen LogP contribution < -0.4 is 5.32 Å². The molecule has 1 fully saturated rings. The molecule has 7 heteroatoms. The number of aromatic nitrogens is 3. The van der Waals surface area contributed by atoms with E-state index in [2.05, 4.69) is 66.5 Å². The lowest BCUT2D eigenvalue weighted by Gasteiger charge is -2.38. The molecule has 2 aromatic heterocycles. The van der Waals surface area contributed by atoms with E-state index < -0.39 is 0 Å². The molecular weight excluding hydrogens is 418 g/mol. The highest BCUT2D eigenvalue weighted by Gasteiger charge is 2.38. The Labute approximate surface area is 193 Å². The number of nitrogens with zero attached hydrogens (tertiary/aromatic N) is 4. The highest BCUT2D eigenvalue weighted by atomic mass is 32.1. The predicted octanol–water partition coefficient (Wildman–Crippen LogP) is 5.03. The molecule has 2 aliphatic rings. The van der Waals surface area contributed by atoms with Gasteiger partial charge in [0.15, 0.2) is 0 Å². The van der Waals surface area contributed by atoms with Gasteiger partial charge in [-0.2, -0.15) is 5.10 Å². The summed E-state index contributed by atoms with van der Waals surface area (Å²) < 4.78 is 1.99. The molecule has 6 nitrogen and oxygen atoms in total. The van der Waals surface area contributed by atoms with Gasteiger partial charge in [0.25, 0.3) is 5.91 Å². The number of fused-ring (bicyclic) bond motifs is 1. The monoisotopic (exact) mass is 449 g/mol. The molecule has 5 rings (SSSR count). The minimum Gasteiger partial charge on any atom is -0.360 e. The molecule has 1 amide bonds. The van der Waals surface area contributed by atoms with Gasteiger partial charge in [-0.1, -0.05) is 30.3 Å². The van der Waals surface area contributed by atoms with E-state index in [0.717, 1.165) is 49.6 Å². The number of piperidine rings is 1. The molecule has 0 spiro atoms. The van der Waals surface area contributed by atoms with Crippen LogP contribution in [-0.2, 0) is 12.0 Å². The number of likely N-dealkylation sites (tertiary alicyclic amines) is 1. The van der Waals surface area contributed by atoms with Crippen molar-refractivity contribution in [1.29, 1.82) is 0 Å². The number of rotatable bonds is 4. The number of anilines is 1. The Morgan fingerprint density at radius 3 is 2.62 bits per heavy atom. The number of benzene rings is 1. The molecule has 1 aromatic carbocycles. The van der Waals surface area contributed by atoms with Gasteiger partial charge in [-0.3, -0.25) is 4.79 Å². The van der Waals surface area contributed by atoms with Crippen LogP contribution in [0.5, 0.6) is 0 Å².